The largest absolute Gasteiger partial charge is 0.454 e. The summed E-state index contributed by atoms with van der Waals surface area (Å²) >= 11 is 0. The summed E-state index contributed by atoms with van der Waals surface area (Å²) in [6.45, 7) is 2.46. The lowest BCUT2D eigenvalue weighted by Crippen LogP contribution is -2.39. The number of fused-ring (bicyclic) bond motifs is 1. The molecule has 7 heteroatoms. The van der Waals surface area contributed by atoms with Gasteiger partial charge >= 0.3 is 0 Å². The van der Waals surface area contributed by atoms with Crippen molar-refractivity contribution in [3.05, 3.63) is 59.7 Å². The van der Waals surface area contributed by atoms with E-state index in [9.17, 15) is 9.59 Å². The minimum Gasteiger partial charge on any atom is -0.454 e. The number of nitrogens with one attached hydrogen (secondary N) is 1. The molecule has 0 fully saturated rings. The second kappa shape index (κ2) is 7.72. The standard InChI is InChI=1S/C21H21N3O4/c1-14(16-7-9-18-19(11-16)28-13-27-18)22-21(26)17-8-10-20(25)24(23-17)12-15-5-3-2-4-6-15/h2-7,9,11,14H,8,10,12-13H2,1H3,(H,22,26). The first-order valence-electron chi connectivity index (χ1n) is 9.22. The first kappa shape index (κ1) is 18.0. The highest BCUT2D eigenvalue weighted by Crippen LogP contribution is 2.34. The van der Waals surface area contributed by atoms with Gasteiger partial charge in [-0.15, -0.1) is 0 Å². The maximum atomic E-state index is 12.7. The lowest BCUT2D eigenvalue weighted by Gasteiger charge is -2.24. The Balaban J connectivity index is 1.44. The van der Waals surface area contributed by atoms with Crippen LogP contribution in [-0.4, -0.2) is 29.3 Å². The van der Waals surface area contributed by atoms with E-state index in [0.717, 1.165) is 11.1 Å². The summed E-state index contributed by atoms with van der Waals surface area (Å²) in [7, 11) is 0. The fourth-order valence-electron chi connectivity index (χ4n) is 3.19. The van der Waals surface area contributed by atoms with Crippen molar-refractivity contribution in [2.45, 2.75) is 32.4 Å². The van der Waals surface area contributed by atoms with Crippen molar-refractivity contribution in [2.75, 3.05) is 6.79 Å². The molecular formula is C21H21N3O4. The molecule has 0 saturated carbocycles. The molecule has 4 rings (SSSR count). The van der Waals surface area contributed by atoms with Gasteiger partial charge < -0.3 is 14.8 Å². The van der Waals surface area contributed by atoms with E-state index < -0.39 is 0 Å². The van der Waals surface area contributed by atoms with E-state index >= 15 is 0 Å². The molecule has 0 radical (unpaired) electrons. The molecule has 1 unspecified atom stereocenters. The van der Waals surface area contributed by atoms with Crippen LogP contribution in [-0.2, 0) is 16.1 Å². The second-order valence-corrected chi connectivity index (χ2v) is 6.79. The molecule has 0 bridgehead atoms. The van der Waals surface area contributed by atoms with Crippen LogP contribution >= 0.6 is 0 Å². The van der Waals surface area contributed by atoms with Gasteiger partial charge in [0.2, 0.25) is 12.7 Å². The minimum absolute atomic E-state index is 0.0794. The Hall–Kier alpha value is -3.35. The maximum absolute atomic E-state index is 12.7. The molecule has 2 aromatic rings. The number of rotatable bonds is 5. The van der Waals surface area contributed by atoms with Gasteiger partial charge in [0, 0.05) is 12.8 Å². The number of amides is 2. The number of ether oxygens (including phenoxy) is 2. The third-order valence-corrected chi connectivity index (χ3v) is 4.79. The molecular weight excluding hydrogens is 358 g/mol. The highest BCUT2D eigenvalue weighted by Gasteiger charge is 2.26. The van der Waals surface area contributed by atoms with Gasteiger partial charge in [-0.2, -0.15) is 5.10 Å². The lowest BCUT2D eigenvalue weighted by atomic mass is 10.1. The van der Waals surface area contributed by atoms with Gasteiger partial charge in [-0.3, -0.25) is 9.59 Å². The molecule has 2 aliphatic rings. The Labute approximate surface area is 162 Å². The zero-order valence-electron chi connectivity index (χ0n) is 15.6. The summed E-state index contributed by atoms with van der Waals surface area (Å²) in [5.41, 5.74) is 2.24. The van der Waals surface area contributed by atoms with E-state index in [2.05, 4.69) is 10.4 Å². The molecule has 0 saturated heterocycles. The number of hydrazone groups is 1. The van der Waals surface area contributed by atoms with E-state index in [1.807, 2.05) is 55.5 Å². The third-order valence-electron chi connectivity index (χ3n) is 4.79. The van der Waals surface area contributed by atoms with Crippen LogP contribution < -0.4 is 14.8 Å². The first-order chi connectivity index (χ1) is 13.6. The Kier molecular flexibility index (Phi) is 4.97. The lowest BCUT2D eigenvalue weighted by molar-refractivity contribution is -0.132. The molecule has 1 N–H and O–H groups in total. The summed E-state index contributed by atoms with van der Waals surface area (Å²) in [6.07, 6.45) is 0.612. The molecule has 2 aromatic carbocycles. The predicted molar refractivity (Wildman–Crippen MR) is 103 cm³/mol. The molecule has 144 valence electrons. The zero-order valence-corrected chi connectivity index (χ0v) is 15.6. The Bertz CT molecular complexity index is 927. The summed E-state index contributed by atoms with van der Waals surface area (Å²) in [5, 5.41) is 8.63. The van der Waals surface area contributed by atoms with Crippen molar-refractivity contribution in [2.24, 2.45) is 5.10 Å². The van der Waals surface area contributed by atoms with E-state index in [-0.39, 0.29) is 31.1 Å². The van der Waals surface area contributed by atoms with Crippen LogP contribution in [0.5, 0.6) is 11.5 Å². The van der Waals surface area contributed by atoms with Crippen LogP contribution in [0.3, 0.4) is 0 Å². The van der Waals surface area contributed by atoms with E-state index in [1.54, 1.807) is 0 Å². The summed E-state index contributed by atoms with van der Waals surface area (Å²) in [4.78, 5) is 24.9. The van der Waals surface area contributed by atoms with E-state index in [4.69, 9.17) is 9.47 Å². The van der Waals surface area contributed by atoms with Gasteiger partial charge in [-0.05, 0) is 30.2 Å². The van der Waals surface area contributed by atoms with Crippen LogP contribution in [0.2, 0.25) is 0 Å². The SMILES string of the molecule is CC(NC(=O)C1=NN(Cc2ccccc2)C(=O)CC1)c1ccc2c(c1)OCO2. The van der Waals surface area contributed by atoms with Crippen molar-refractivity contribution < 1.29 is 19.1 Å². The van der Waals surface area contributed by atoms with Gasteiger partial charge in [0.1, 0.15) is 5.71 Å². The van der Waals surface area contributed by atoms with Crippen LogP contribution in [0.15, 0.2) is 53.6 Å². The molecule has 0 aromatic heterocycles. The number of benzene rings is 2. The highest BCUT2D eigenvalue weighted by atomic mass is 16.7. The van der Waals surface area contributed by atoms with Crippen LogP contribution in [0.4, 0.5) is 0 Å². The van der Waals surface area contributed by atoms with Gasteiger partial charge in [-0.1, -0.05) is 36.4 Å². The smallest absolute Gasteiger partial charge is 0.267 e. The van der Waals surface area contributed by atoms with Gasteiger partial charge in [0.15, 0.2) is 11.5 Å². The van der Waals surface area contributed by atoms with Crippen molar-refractivity contribution in [1.82, 2.24) is 10.3 Å². The van der Waals surface area contributed by atoms with Crippen molar-refractivity contribution in [3.63, 3.8) is 0 Å². The van der Waals surface area contributed by atoms with E-state index in [0.29, 0.717) is 30.2 Å². The van der Waals surface area contributed by atoms with E-state index in [1.165, 1.54) is 5.01 Å². The van der Waals surface area contributed by atoms with Gasteiger partial charge in [0.25, 0.3) is 5.91 Å². The first-order valence-corrected chi connectivity index (χ1v) is 9.22. The summed E-state index contributed by atoms with van der Waals surface area (Å²) in [6, 6.07) is 15.0. The number of hydrogen-bond donors (Lipinski definition) is 1. The fourth-order valence-corrected chi connectivity index (χ4v) is 3.19. The van der Waals surface area contributed by atoms with Crippen LogP contribution in [0, 0.1) is 0 Å². The predicted octanol–water partition coefficient (Wildman–Crippen LogP) is 2.77. The fraction of sp³-hybridized carbons (Fsp3) is 0.286. The third kappa shape index (κ3) is 3.83. The average Bonchev–Trinajstić information content (AvgIpc) is 3.18. The van der Waals surface area contributed by atoms with Crippen molar-refractivity contribution in [1.29, 1.82) is 0 Å². The number of hydrogen-bond acceptors (Lipinski definition) is 5. The van der Waals surface area contributed by atoms with Crippen molar-refractivity contribution in [3.8, 4) is 11.5 Å². The molecule has 0 aliphatic carbocycles. The van der Waals surface area contributed by atoms with Crippen molar-refractivity contribution >= 4 is 17.5 Å². The normalized spacial score (nSPS) is 16.5. The average molecular weight is 379 g/mol. The van der Waals surface area contributed by atoms with Crippen LogP contribution in [0.1, 0.15) is 36.9 Å². The Morgan fingerprint density at radius 2 is 1.93 bits per heavy atom. The Morgan fingerprint density at radius 3 is 2.75 bits per heavy atom. The summed E-state index contributed by atoms with van der Waals surface area (Å²) < 4.78 is 10.7. The quantitative estimate of drug-likeness (QED) is 0.866. The minimum atomic E-state index is -0.268. The maximum Gasteiger partial charge on any atom is 0.267 e. The number of carbonyl (C=O) groups is 2. The molecule has 2 heterocycles. The molecule has 7 nitrogen and oxygen atoms in total. The second-order valence-electron chi connectivity index (χ2n) is 6.79. The van der Waals surface area contributed by atoms with Crippen LogP contribution in [0.25, 0.3) is 0 Å². The Morgan fingerprint density at radius 1 is 1.14 bits per heavy atom. The molecule has 1 atom stereocenters. The summed E-state index contributed by atoms with van der Waals surface area (Å²) in [5.74, 6) is 1.03. The number of nitrogens with zero attached hydrogens (tertiary/aromatic N) is 2. The molecule has 2 aliphatic heterocycles. The number of carbonyl (C=O) groups excluding carboxylic acids is 2. The topological polar surface area (TPSA) is 80.2 Å². The zero-order chi connectivity index (χ0) is 19.5. The van der Waals surface area contributed by atoms with Gasteiger partial charge in [0.05, 0.1) is 12.6 Å². The molecule has 0 spiro atoms. The highest BCUT2D eigenvalue weighted by molar-refractivity contribution is 6.39. The molecule has 28 heavy (non-hydrogen) atoms. The monoisotopic (exact) mass is 379 g/mol. The van der Waals surface area contributed by atoms with Gasteiger partial charge in [-0.25, -0.2) is 5.01 Å². The molecule has 2 amide bonds.